The third kappa shape index (κ3) is 3.06. The Morgan fingerprint density at radius 1 is 1.23 bits per heavy atom. The molecule has 0 bridgehead atoms. The number of hydrogen-bond donors (Lipinski definition) is 2. The molecule has 2 aromatic rings. The van der Waals surface area contributed by atoms with Crippen molar-refractivity contribution in [3.05, 3.63) is 59.7 Å². The van der Waals surface area contributed by atoms with Crippen LogP contribution < -0.4 is 10.2 Å². The van der Waals surface area contributed by atoms with Crippen LogP contribution in [0.1, 0.15) is 18.1 Å². The minimum atomic E-state index is -0.0452. The molecule has 22 heavy (non-hydrogen) atoms. The first-order valence-electron chi connectivity index (χ1n) is 7.57. The number of amides is 2. The van der Waals surface area contributed by atoms with Crippen molar-refractivity contribution in [3.63, 3.8) is 0 Å². The van der Waals surface area contributed by atoms with Gasteiger partial charge in [-0.25, -0.2) is 4.79 Å². The molecule has 1 heterocycles. The van der Waals surface area contributed by atoms with E-state index in [2.05, 4.69) is 11.4 Å². The van der Waals surface area contributed by atoms with Gasteiger partial charge in [0.25, 0.3) is 0 Å². The fourth-order valence-corrected chi connectivity index (χ4v) is 2.87. The fraction of sp³-hybridized carbons (Fsp3) is 0.278. The molecule has 0 fully saturated rings. The third-order valence-corrected chi connectivity index (χ3v) is 3.98. The van der Waals surface area contributed by atoms with E-state index >= 15 is 0 Å². The van der Waals surface area contributed by atoms with Gasteiger partial charge in [0.2, 0.25) is 0 Å². The molecule has 0 saturated carbocycles. The summed E-state index contributed by atoms with van der Waals surface area (Å²) in [5.41, 5.74) is 3.33. The quantitative estimate of drug-likeness (QED) is 0.914. The highest BCUT2D eigenvalue weighted by atomic mass is 16.3. The number of fused-ring (bicyclic) bond motifs is 1. The summed E-state index contributed by atoms with van der Waals surface area (Å²) in [7, 11) is 0. The van der Waals surface area contributed by atoms with Crippen LogP contribution in [0.4, 0.5) is 10.5 Å². The maximum atomic E-state index is 12.4. The third-order valence-electron chi connectivity index (χ3n) is 3.98. The van der Waals surface area contributed by atoms with Crippen LogP contribution in [0.3, 0.4) is 0 Å². The van der Waals surface area contributed by atoms with Crippen LogP contribution >= 0.6 is 0 Å². The number of rotatable bonds is 3. The van der Waals surface area contributed by atoms with Gasteiger partial charge in [-0.05, 0) is 49.1 Å². The summed E-state index contributed by atoms with van der Waals surface area (Å²) < 4.78 is 0. The second-order valence-electron chi connectivity index (χ2n) is 5.75. The number of nitrogens with zero attached hydrogens (tertiary/aromatic N) is 1. The number of aromatic hydroxyl groups is 1. The zero-order valence-electron chi connectivity index (χ0n) is 12.6. The summed E-state index contributed by atoms with van der Waals surface area (Å²) in [6, 6.07) is 15.1. The van der Waals surface area contributed by atoms with Gasteiger partial charge in [0, 0.05) is 18.3 Å². The first kappa shape index (κ1) is 14.4. The molecule has 2 aromatic carbocycles. The highest BCUT2D eigenvalue weighted by Gasteiger charge is 2.24. The summed E-state index contributed by atoms with van der Waals surface area (Å²) in [4.78, 5) is 14.2. The Morgan fingerprint density at radius 2 is 1.95 bits per heavy atom. The number of anilines is 1. The number of carbonyl (C=O) groups is 1. The molecular weight excluding hydrogens is 276 g/mol. The molecule has 0 aromatic heterocycles. The van der Waals surface area contributed by atoms with E-state index in [0.29, 0.717) is 0 Å². The standard InChI is InChI=1S/C18H20N2O2/c1-13(12-14-6-8-16(21)9-7-14)19-18(22)20-11-10-15-4-2-3-5-17(15)20/h2-9,13,21H,10-12H2,1H3,(H,19,22). The van der Waals surface area contributed by atoms with Crippen LogP contribution in [0.5, 0.6) is 5.75 Å². The van der Waals surface area contributed by atoms with Gasteiger partial charge in [-0.15, -0.1) is 0 Å². The molecule has 2 amide bonds. The minimum Gasteiger partial charge on any atom is -0.508 e. The monoisotopic (exact) mass is 296 g/mol. The second kappa shape index (κ2) is 6.10. The number of phenolic OH excluding ortho intramolecular Hbond substituents is 1. The van der Waals surface area contributed by atoms with Crippen LogP contribution in [0.25, 0.3) is 0 Å². The summed E-state index contributed by atoms with van der Waals surface area (Å²) in [6.45, 7) is 2.73. The molecule has 0 spiro atoms. The molecule has 1 unspecified atom stereocenters. The van der Waals surface area contributed by atoms with Crippen molar-refractivity contribution in [3.8, 4) is 5.75 Å². The van der Waals surface area contributed by atoms with Gasteiger partial charge in [0.1, 0.15) is 5.75 Å². The Bertz CT molecular complexity index is 667. The van der Waals surface area contributed by atoms with Crippen LogP contribution in [0.15, 0.2) is 48.5 Å². The Hall–Kier alpha value is -2.49. The average Bonchev–Trinajstić information content (AvgIpc) is 2.93. The fourth-order valence-electron chi connectivity index (χ4n) is 2.87. The van der Waals surface area contributed by atoms with E-state index in [-0.39, 0.29) is 17.8 Å². The summed E-state index contributed by atoms with van der Waals surface area (Å²) in [5.74, 6) is 0.258. The highest BCUT2D eigenvalue weighted by molar-refractivity contribution is 5.94. The molecule has 0 saturated heterocycles. The van der Waals surface area contributed by atoms with Gasteiger partial charge < -0.3 is 10.4 Å². The van der Waals surface area contributed by atoms with E-state index in [0.717, 1.165) is 30.6 Å². The lowest BCUT2D eigenvalue weighted by atomic mass is 10.1. The lowest BCUT2D eigenvalue weighted by Gasteiger charge is -2.21. The Balaban J connectivity index is 1.61. The summed E-state index contributed by atoms with van der Waals surface area (Å²) >= 11 is 0. The number of carbonyl (C=O) groups excluding carboxylic acids is 1. The molecule has 0 radical (unpaired) electrons. The van der Waals surface area contributed by atoms with Crippen LogP contribution in [-0.4, -0.2) is 23.7 Å². The van der Waals surface area contributed by atoms with Crippen molar-refractivity contribution < 1.29 is 9.90 Å². The smallest absolute Gasteiger partial charge is 0.322 e. The molecule has 3 rings (SSSR count). The van der Waals surface area contributed by atoms with Crippen molar-refractivity contribution in [1.29, 1.82) is 0 Å². The van der Waals surface area contributed by atoms with Crippen molar-refractivity contribution >= 4 is 11.7 Å². The largest absolute Gasteiger partial charge is 0.508 e. The molecular formula is C18H20N2O2. The van der Waals surface area contributed by atoms with Crippen molar-refractivity contribution in [1.82, 2.24) is 5.32 Å². The molecule has 114 valence electrons. The molecule has 2 N–H and O–H groups in total. The minimum absolute atomic E-state index is 0.0322. The predicted octanol–water partition coefficient (Wildman–Crippen LogP) is 3.10. The number of phenols is 1. The average molecular weight is 296 g/mol. The van der Waals surface area contributed by atoms with Gasteiger partial charge >= 0.3 is 6.03 Å². The van der Waals surface area contributed by atoms with Crippen molar-refractivity contribution in [2.45, 2.75) is 25.8 Å². The Labute approximate surface area is 130 Å². The zero-order chi connectivity index (χ0) is 15.5. The van der Waals surface area contributed by atoms with Gasteiger partial charge in [-0.3, -0.25) is 4.90 Å². The SMILES string of the molecule is CC(Cc1ccc(O)cc1)NC(=O)N1CCc2ccccc21. The maximum absolute atomic E-state index is 12.4. The highest BCUT2D eigenvalue weighted by Crippen LogP contribution is 2.27. The van der Waals surface area contributed by atoms with E-state index in [9.17, 15) is 9.90 Å². The molecule has 1 atom stereocenters. The first-order valence-corrected chi connectivity index (χ1v) is 7.57. The predicted molar refractivity (Wildman–Crippen MR) is 87.3 cm³/mol. The normalized spacial score (nSPS) is 14.5. The number of hydrogen-bond acceptors (Lipinski definition) is 2. The summed E-state index contributed by atoms with van der Waals surface area (Å²) in [5, 5.41) is 12.3. The van der Waals surface area contributed by atoms with Gasteiger partial charge in [0.05, 0.1) is 0 Å². The Kier molecular flexibility index (Phi) is 4.00. The van der Waals surface area contributed by atoms with Crippen molar-refractivity contribution in [2.75, 3.05) is 11.4 Å². The van der Waals surface area contributed by atoms with E-state index in [1.54, 1.807) is 12.1 Å². The van der Waals surface area contributed by atoms with E-state index < -0.39 is 0 Å². The van der Waals surface area contributed by atoms with Crippen LogP contribution in [-0.2, 0) is 12.8 Å². The van der Waals surface area contributed by atoms with Crippen LogP contribution in [0, 0.1) is 0 Å². The van der Waals surface area contributed by atoms with E-state index in [1.165, 1.54) is 5.56 Å². The summed E-state index contributed by atoms with van der Waals surface area (Å²) in [6.07, 6.45) is 1.65. The Morgan fingerprint density at radius 3 is 2.73 bits per heavy atom. The van der Waals surface area contributed by atoms with Crippen LogP contribution in [0.2, 0.25) is 0 Å². The van der Waals surface area contributed by atoms with E-state index in [1.807, 2.05) is 42.2 Å². The first-order chi connectivity index (χ1) is 10.6. The number of para-hydroxylation sites is 1. The van der Waals surface area contributed by atoms with Gasteiger partial charge in [-0.2, -0.15) is 0 Å². The molecule has 1 aliphatic rings. The number of nitrogens with one attached hydrogen (secondary N) is 1. The van der Waals surface area contributed by atoms with E-state index in [4.69, 9.17) is 0 Å². The van der Waals surface area contributed by atoms with Gasteiger partial charge in [0.15, 0.2) is 0 Å². The second-order valence-corrected chi connectivity index (χ2v) is 5.75. The number of benzene rings is 2. The topological polar surface area (TPSA) is 52.6 Å². The molecule has 4 heteroatoms. The lowest BCUT2D eigenvalue weighted by molar-refractivity contribution is 0.243. The molecule has 0 aliphatic carbocycles. The zero-order valence-corrected chi connectivity index (χ0v) is 12.6. The molecule has 1 aliphatic heterocycles. The maximum Gasteiger partial charge on any atom is 0.322 e. The van der Waals surface area contributed by atoms with Gasteiger partial charge in [-0.1, -0.05) is 30.3 Å². The van der Waals surface area contributed by atoms with Crippen molar-refractivity contribution in [2.24, 2.45) is 0 Å². The number of urea groups is 1. The lowest BCUT2D eigenvalue weighted by Crippen LogP contribution is -2.44. The molecule has 4 nitrogen and oxygen atoms in total.